The van der Waals surface area contributed by atoms with Gasteiger partial charge < -0.3 is 50.4 Å². The number of phosphoric ester groups is 1. The maximum Gasteiger partial charge on any atom is 0.472 e. The second-order valence-corrected chi connectivity index (χ2v) is 10.9. The van der Waals surface area contributed by atoms with Crippen LogP contribution in [0.2, 0.25) is 0 Å². The van der Waals surface area contributed by atoms with Gasteiger partial charge in [0.25, 0.3) is 5.56 Å². The van der Waals surface area contributed by atoms with Gasteiger partial charge in [0.05, 0.1) is 31.4 Å². The zero-order valence-corrected chi connectivity index (χ0v) is 23.8. The summed E-state index contributed by atoms with van der Waals surface area (Å²) in [5, 5.41) is 45.4. The number of aliphatic hydroxyl groups is 4. The summed E-state index contributed by atoms with van der Waals surface area (Å²) in [7, 11) is -5.85. The molecule has 24 heteroatoms. The number of nitrogen functional groups attached to an aromatic ring is 1. The smallest absolute Gasteiger partial charge is 0.394 e. The van der Waals surface area contributed by atoms with Crippen LogP contribution in [0.15, 0.2) is 30.0 Å². The molecule has 22 nitrogen and oxygen atoms in total. The summed E-state index contributed by atoms with van der Waals surface area (Å²) in [6, 6.07) is 0. The normalized spacial score (nSPS) is 30.0. The van der Waals surface area contributed by atoms with Gasteiger partial charge in [-0.2, -0.15) is 5.10 Å². The van der Waals surface area contributed by atoms with Crippen molar-refractivity contribution in [1.82, 2.24) is 39.1 Å². The lowest BCUT2D eigenvalue weighted by atomic mass is 10.1. The van der Waals surface area contributed by atoms with Crippen molar-refractivity contribution >= 4 is 39.1 Å². The fraction of sp³-hybridized carbons (Fsp3) is 0.500. The Bertz CT molecular complexity index is 1740. The number of fused-ring (bicyclic) bond motifs is 2. The number of ether oxygens (including phenoxy) is 2. The summed E-state index contributed by atoms with van der Waals surface area (Å²) in [4.78, 5) is 47.8. The molecule has 0 aromatic carbocycles. The van der Waals surface area contributed by atoms with Crippen LogP contribution in [-0.4, -0.2) is 119 Å². The highest BCUT2D eigenvalue weighted by Gasteiger charge is 2.51. The summed E-state index contributed by atoms with van der Waals surface area (Å²) in [6.45, 7) is -1.39. The highest BCUT2D eigenvalue weighted by molar-refractivity contribution is 7.47. The number of hydrogen-bond donors (Lipinski definition) is 8. The van der Waals surface area contributed by atoms with Gasteiger partial charge in [-0.1, -0.05) is 0 Å². The standard InChI is InChI=1S/C20H24N9O11P.HO2P/c21-16-10-17(24-4-23-16)28(6-26-10)20-13(33)11(31)9(39-20)3-37-41(35,36)40-15-12(32)8(2-30)38-14(15)7-1-22-18-19(34)25-5-27-29(7)18;1-3-2/h1,4-6,8-9,11-15,20,30-33H,2-3H2,(H,35,36)(H2,21,23,24)(H,25,27,34);(H,1,2)/t8-,9-,11-,12-,13-,14+,15-,20-;/m1./s1. The highest BCUT2D eigenvalue weighted by Crippen LogP contribution is 2.50. The zero-order valence-electron chi connectivity index (χ0n) is 22.0. The Kier molecular flexibility index (Phi) is 9.41. The van der Waals surface area contributed by atoms with Gasteiger partial charge >= 0.3 is 16.5 Å². The molecule has 4 aromatic rings. The van der Waals surface area contributed by atoms with Crippen molar-refractivity contribution in [3.05, 3.63) is 41.2 Å². The Morgan fingerprint density at radius 2 is 1.84 bits per heavy atom. The average molecular weight is 661 g/mol. The Morgan fingerprint density at radius 1 is 1.09 bits per heavy atom. The summed E-state index contributed by atoms with van der Waals surface area (Å²) in [5.74, 6) is 0.0892. The van der Waals surface area contributed by atoms with Gasteiger partial charge in [-0.3, -0.25) is 18.4 Å². The van der Waals surface area contributed by atoms with Gasteiger partial charge in [-0.05, 0) is 0 Å². The molecular formula is C20H25N9O13P2. The molecule has 44 heavy (non-hydrogen) atoms. The minimum Gasteiger partial charge on any atom is -0.394 e. The summed E-state index contributed by atoms with van der Waals surface area (Å²) < 4.78 is 45.5. The minimum atomic E-state index is -5.02. The van der Waals surface area contributed by atoms with Crippen molar-refractivity contribution < 1.29 is 57.9 Å². The van der Waals surface area contributed by atoms with Crippen LogP contribution in [0.4, 0.5) is 5.82 Å². The lowest BCUT2D eigenvalue weighted by molar-refractivity contribution is -0.0558. The summed E-state index contributed by atoms with van der Waals surface area (Å²) in [6.07, 6.45) is -6.55. The molecule has 0 saturated carbocycles. The van der Waals surface area contributed by atoms with E-state index in [2.05, 4.69) is 30.0 Å². The number of H-pyrrole nitrogens is 1. The monoisotopic (exact) mass is 661 g/mol. The van der Waals surface area contributed by atoms with Crippen LogP contribution < -0.4 is 11.3 Å². The molecule has 9 N–H and O–H groups in total. The molecule has 2 aliphatic rings. The Balaban J connectivity index is 0.00000123. The highest BCUT2D eigenvalue weighted by atomic mass is 31.2. The van der Waals surface area contributed by atoms with E-state index < -0.39 is 84.2 Å². The Labute approximate surface area is 245 Å². The number of anilines is 1. The van der Waals surface area contributed by atoms with Crippen molar-refractivity contribution in [2.75, 3.05) is 18.9 Å². The molecule has 0 radical (unpaired) electrons. The maximum absolute atomic E-state index is 13.0. The Hall–Kier alpha value is -3.37. The first-order valence-electron chi connectivity index (χ1n) is 12.4. The first kappa shape index (κ1) is 32.0. The quantitative estimate of drug-likeness (QED) is 0.0869. The molecule has 6 rings (SSSR count). The van der Waals surface area contributed by atoms with Crippen LogP contribution in [0, 0.1) is 0 Å². The van der Waals surface area contributed by atoms with Crippen LogP contribution in [0.5, 0.6) is 0 Å². The van der Waals surface area contributed by atoms with Crippen molar-refractivity contribution in [1.29, 1.82) is 0 Å². The molecule has 1 unspecified atom stereocenters. The Morgan fingerprint density at radius 3 is 2.57 bits per heavy atom. The zero-order chi connectivity index (χ0) is 31.8. The number of aliphatic hydroxyl groups excluding tert-OH is 4. The van der Waals surface area contributed by atoms with Crippen molar-refractivity contribution in [2.24, 2.45) is 0 Å². The van der Waals surface area contributed by atoms with E-state index in [1.54, 1.807) is 0 Å². The second kappa shape index (κ2) is 12.9. The van der Waals surface area contributed by atoms with Gasteiger partial charge in [0.15, 0.2) is 17.7 Å². The number of aromatic nitrogens is 8. The molecule has 2 fully saturated rings. The molecule has 2 saturated heterocycles. The fourth-order valence-electron chi connectivity index (χ4n) is 4.79. The first-order chi connectivity index (χ1) is 21.0. The third kappa shape index (κ3) is 5.98. The maximum atomic E-state index is 13.0. The van der Waals surface area contributed by atoms with E-state index in [-0.39, 0.29) is 28.3 Å². The molecule has 0 amide bonds. The number of nitrogens with zero attached hydrogens (tertiary/aromatic N) is 7. The number of nitrogens with two attached hydrogens (primary N) is 1. The SMILES string of the molecule is Nc1ncnc2c1ncn2[C@@H]1O[C@H](COP(=O)(O)O[C@@H]2[C@H](O)[C@@H](CO)O[C@H]2c2cnc3c(=O)[nH]cnn23)[C@@H](O)[C@H]1O.O=PO. The third-order valence-corrected chi connectivity index (χ3v) is 7.79. The second-order valence-electron chi connectivity index (χ2n) is 9.35. The minimum absolute atomic E-state index is 0.0867. The largest absolute Gasteiger partial charge is 0.472 e. The van der Waals surface area contributed by atoms with Crippen LogP contribution in [0.25, 0.3) is 16.8 Å². The predicted octanol–water partition coefficient (Wildman–Crippen LogP) is -3.06. The number of aromatic amines is 1. The lowest BCUT2D eigenvalue weighted by Crippen LogP contribution is -2.35. The first-order valence-corrected chi connectivity index (χ1v) is 14.7. The van der Waals surface area contributed by atoms with E-state index in [4.69, 9.17) is 33.7 Å². The third-order valence-electron chi connectivity index (χ3n) is 6.80. The molecule has 0 bridgehead atoms. The lowest BCUT2D eigenvalue weighted by Gasteiger charge is -2.24. The predicted molar refractivity (Wildman–Crippen MR) is 140 cm³/mol. The van der Waals surface area contributed by atoms with Crippen molar-refractivity contribution in [3.63, 3.8) is 0 Å². The molecule has 6 heterocycles. The van der Waals surface area contributed by atoms with Crippen LogP contribution in [-0.2, 0) is 27.7 Å². The molecule has 4 aromatic heterocycles. The van der Waals surface area contributed by atoms with Gasteiger partial charge in [0.1, 0.15) is 60.9 Å². The average Bonchev–Trinajstić information content (AvgIpc) is 3.75. The van der Waals surface area contributed by atoms with Gasteiger partial charge in [0.2, 0.25) is 5.65 Å². The summed E-state index contributed by atoms with van der Waals surface area (Å²) in [5.41, 5.74) is 5.64. The van der Waals surface area contributed by atoms with E-state index in [9.17, 15) is 34.7 Å². The summed E-state index contributed by atoms with van der Waals surface area (Å²) >= 11 is 0. The topological polar surface area (TPSA) is 325 Å². The number of imidazole rings is 2. The number of rotatable bonds is 8. The van der Waals surface area contributed by atoms with Gasteiger partial charge in [-0.25, -0.2) is 33.6 Å². The van der Waals surface area contributed by atoms with Crippen molar-refractivity contribution in [2.45, 2.75) is 49.0 Å². The van der Waals surface area contributed by atoms with E-state index in [1.165, 1.54) is 23.4 Å². The number of phosphoric acid groups is 1. The van der Waals surface area contributed by atoms with E-state index in [0.717, 1.165) is 10.8 Å². The van der Waals surface area contributed by atoms with Gasteiger partial charge in [0, 0.05) is 0 Å². The molecule has 238 valence electrons. The van der Waals surface area contributed by atoms with Crippen molar-refractivity contribution in [3.8, 4) is 0 Å². The molecule has 0 aliphatic carbocycles. The fourth-order valence-corrected chi connectivity index (χ4v) is 5.73. The molecule has 9 atom stereocenters. The van der Waals surface area contributed by atoms with E-state index in [1.807, 2.05) is 0 Å². The molecule has 2 aliphatic heterocycles. The van der Waals surface area contributed by atoms with Gasteiger partial charge in [-0.15, -0.1) is 0 Å². The van der Waals surface area contributed by atoms with E-state index in [0.29, 0.717) is 0 Å². The van der Waals surface area contributed by atoms with Crippen LogP contribution in [0.3, 0.4) is 0 Å². The van der Waals surface area contributed by atoms with E-state index >= 15 is 0 Å². The van der Waals surface area contributed by atoms with Crippen LogP contribution in [0.1, 0.15) is 18.0 Å². The van der Waals surface area contributed by atoms with Crippen LogP contribution >= 0.6 is 16.5 Å². The molecule has 0 spiro atoms. The molecular weight excluding hydrogens is 636 g/mol. The number of nitrogens with one attached hydrogen (secondary N) is 1. The number of hydrogen-bond acceptors (Lipinski definition) is 17.